The van der Waals surface area contributed by atoms with Gasteiger partial charge in [0.2, 0.25) is 0 Å². The summed E-state index contributed by atoms with van der Waals surface area (Å²) in [4.78, 5) is 19.7. The average molecular weight is 123 g/mol. The molecule has 0 amide bonds. The second kappa shape index (κ2) is 7.34. The van der Waals surface area contributed by atoms with Crippen LogP contribution in [0.3, 0.4) is 0 Å². The van der Waals surface area contributed by atoms with Crippen molar-refractivity contribution >= 4 is 41.6 Å². The molecule has 1 radical (unpaired) electrons. The summed E-state index contributed by atoms with van der Waals surface area (Å²) in [6, 6.07) is 0. The maximum absolute atomic E-state index is 10.2. The Balaban J connectivity index is 0. The van der Waals surface area contributed by atoms with E-state index in [0.717, 1.165) is 0 Å². The standard InChI is InChI=1S/C5H8O2.Na/c1-2-5(7)3-4-6;/h4H,2-3H2,1H3;. The number of carbonyl (C=O) groups excluding carboxylic acids is 2. The average Bonchev–Trinajstić information content (AvgIpc) is 1.68. The van der Waals surface area contributed by atoms with Gasteiger partial charge < -0.3 is 4.79 Å². The van der Waals surface area contributed by atoms with Crippen molar-refractivity contribution in [3.63, 3.8) is 0 Å². The van der Waals surface area contributed by atoms with E-state index >= 15 is 0 Å². The third kappa shape index (κ3) is 6.34. The van der Waals surface area contributed by atoms with Gasteiger partial charge in [-0.25, -0.2) is 0 Å². The van der Waals surface area contributed by atoms with Crippen molar-refractivity contribution in [2.24, 2.45) is 0 Å². The SMILES string of the molecule is CCC(=O)CC=O.[Na]. The molecule has 0 unspecified atom stereocenters. The van der Waals surface area contributed by atoms with Crippen LogP contribution in [0.5, 0.6) is 0 Å². The van der Waals surface area contributed by atoms with Gasteiger partial charge in [0.25, 0.3) is 0 Å². The molecular formula is C5H8NaO2. The van der Waals surface area contributed by atoms with Gasteiger partial charge in [0, 0.05) is 36.0 Å². The van der Waals surface area contributed by atoms with E-state index in [1.165, 1.54) is 0 Å². The number of ketones is 1. The first kappa shape index (κ1) is 11.2. The number of aldehydes is 1. The van der Waals surface area contributed by atoms with Gasteiger partial charge in [-0.1, -0.05) is 6.92 Å². The van der Waals surface area contributed by atoms with Crippen LogP contribution in [0.4, 0.5) is 0 Å². The Morgan fingerprint density at radius 3 is 2.25 bits per heavy atom. The largest absolute Gasteiger partial charge is 0.303 e. The number of rotatable bonds is 3. The first-order valence-corrected chi connectivity index (χ1v) is 2.26. The minimum Gasteiger partial charge on any atom is -0.303 e. The molecule has 0 N–H and O–H groups in total. The minimum absolute atomic E-state index is 0. The summed E-state index contributed by atoms with van der Waals surface area (Å²) in [5, 5.41) is 0. The van der Waals surface area contributed by atoms with Crippen molar-refractivity contribution < 1.29 is 9.59 Å². The van der Waals surface area contributed by atoms with E-state index in [2.05, 4.69) is 0 Å². The van der Waals surface area contributed by atoms with Crippen molar-refractivity contribution in [2.45, 2.75) is 19.8 Å². The van der Waals surface area contributed by atoms with Gasteiger partial charge in [0.15, 0.2) is 0 Å². The number of carbonyl (C=O) groups is 2. The van der Waals surface area contributed by atoms with Gasteiger partial charge in [-0.05, 0) is 0 Å². The van der Waals surface area contributed by atoms with Crippen LogP contribution < -0.4 is 0 Å². The molecule has 0 atom stereocenters. The first-order chi connectivity index (χ1) is 3.31. The first-order valence-electron chi connectivity index (χ1n) is 2.26. The van der Waals surface area contributed by atoms with E-state index in [1.807, 2.05) is 0 Å². The smallest absolute Gasteiger partial charge is 0.139 e. The van der Waals surface area contributed by atoms with Crippen LogP contribution in [0.2, 0.25) is 0 Å². The fourth-order valence-electron chi connectivity index (χ4n) is 0.237. The van der Waals surface area contributed by atoms with E-state index in [4.69, 9.17) is 0 Å². The molecule has 0 aliphatic rings. The molecule has 8 heavy (non-hydrogen) atoms. The van der Waals surface area contributed by atoms with Crippen LogP contribution in [-0.4, -0.2) is 41.6 Å². The fourth-order valence-corrected chi connectivity index (χ4v) is 0.237. The second-order valence-corrected chi connectivity index (χ2v) is 1.26. The van der Waals surface area contributed by atoms with E-state index in [-0.39, 0.29) is 41.8 Å². The molecule has 0 aromatic rings. The maximum Gasteiger partial charge on any atom is 0.139 e. The van der Waals surface area contributed by atoms with Crippen molar-refractivity contribution in [3.8, 4) is 0 Å². The Bertz CT molecular complexity index is 80.5. The number of hydrogen-bond donors (Lipinski definition) is 0. The molecule has 0 fully saturated rings. The Kier molecular flexibility index (Phi) is 10.3. The van der Waals surface area contributed by atoms with E-state index in [9.17, 15) is 9.59 Å². The topological polar surface area (TPSA) is 34.1 Å². The van der Waals surface area contributed by atoms with Crippen LogP contribution >= 0.6 is 0 Å². The molecule has 41 valence electrons. The Morgan fingerprint density at radius 1 is 1.62 bits per heavy atom. The predicted octanol–water partition coefficient (Wildman–Crippen LogP) is 0.174. The van der Waals surface area contributed by atoms with Crippen LogP contribution in [-0.2, 0) is 9.59 Å². The minimum atomic E-state index is 0. The Hall–Kier alpha value is 0.340. The Labute approximate surface area is 70.9 Å². The van der Waals surface area contributed by atoms with Crippen molar-refractivity contribution in [2.75, 3.05) is 0 Å². The van der Waals surface area contributed by atoms with Gasteiger partial charge in [-0.2, -0.15) is 0 Å². The second-order valence-electron chi connectivity index (χ2n) is 1.26. The van der Waals surface area contributed by atoms with E-state index < -0.39 is 0 Å². The van der Waals surface area contributed by atoms with Crippen LogP contribution in [0.25, 0.3) is 0 Å². The summed E-state index contributed by atoms with van der Waals surface area (Å²) < 4.78 is 0. The van der Waals surface area contributed by atoms with Gasteiger partial charge in [0.1, 0.15) is 12.1 Å². The summed E-state index contributed by atoms with van der Waals surface area (Å²) in [5.41, 5.74) is 0. The van der Waals surface area contributed by atoms with Gasteiger partial charge in [-0.15, -0.1) is 0 Å². The summed E-state index contributed by atoms with van der Waals surface area (Å²) in [7, 11) is 0. The molecule has 0 bridgehead atoms. The molecule has 0 heterocycles. The molecule has 0 saturated carbocycles. The zero-order valence-electron chi connectivity index (χ0n) is 5.31. The normalized spacial score (nSPS) is 7.12. The van der Waals surface area contributed by atoms with Crippen molar-refractivity contribution in [3.05, 3.63) is 0 Å². The molecule has 0 aromatic carbocycles. The van der Waals surface area contributed by atoms with E-state index in [1.54, 1.807) is 6.92 Å². The summed E-state index contributed by atoms with van der Waals surface area (Å²) >= 11 is 0. The van der Waals surface area contributed by atoms with Crippen LogP contribution in [0.15, 0.2) is 0 Å². The Morgan fingerprint density at radius 2 is 2.12 bits per heavy atom. The summed E-state index contributed by atoms with van der Waals surface area (Å²) in [5.74, 6) is 0.00926. The molecule has 0 aromatic heterocycles. The fraction of sp³-hybridized carbons (Fsp3) is 0.600. The molecule has 0 spiro atoms. The molecule has 3 heteroatoms. The molecular weight excluding hydrogens is 115 g/mol. The van der Waals surface area contributed by atoms with Crippen molar-refractivity contribution in [1.82, 2.24) is 0 Å². The van der Waals surface area contributed by atoms with Crippen molar-refractivity contribution in [1.29, 1.82) is 0 Å². The monoisotopic (exact) mass is 123 g/mol. The molecule has 0 aliphatic heterocycles. The number of hydrogen-bond acceptors (Lipinski definition) is 2. The third-order valence-electron chi connectivity index (χ3n) is 0.705. The van der Waals surface area contributed by atoms with Gasteiger partial charge in [-0.3, -0.25) is 4.79 Å². The van der Waals surface area contributed by atoms with Gasteiger partial charge >= 0.3 is 0 Å². The van der Waals surface area contributed by atoms with Gasteiger partial charge in [0.05, 0.1) is 6.42 Å². The quantitative estimate of drug-likeness (QED) is 0.304. The van der Waals surface area contributed by atoms with E-state index in [0.29, 0.717) is 12.7 Å². The van der Waals surface area contributed by atoms with Crippen LogP contribution in [0, 0.1) is 0 Å². The molecule has 0 aliphatic carbocycles. The van der Waals surface area contributed by atoms with Crippen LogP contribution in [0.1, 0.15) is 19.8 Å². The summed E-state index contributed by atoms with van der Waals surface area (Å²) in [6.07, 6.45) is 1.18. The third-order valence-corrected chi connectivity index (χ3v) is 0.705. The maximum atomic E-state index is 10.2. The predicted molar refractivity (Wildman–Crippen MR) is 31.7 cm³/mol. The summed E-state index contributed by atoms with van der Waals surface area (Å²) in [6.45, 7) is 1.74. The molecule has 0 rings (SSSR count). The zero-order valence-corrected chi connectivity index (χ0v) is 7.31. The molecule has 0 saturated heterocycles. The number of Topliss-reactive ketones (excluding diaryl/α,β-unsaturated/α-hetero) is 1. The molecule has 2 nitrogen and oxygen atoms in total. The zero-order chi connectivity index (χ0) is 5.70.